The standard InChI is InChI=1S/C10H7F2N3O3/c11-5-1-4(2-6(12)8(5)10(16)17)9-14-7(3-13)18-15-9/h1-2H,3,13H2,(H,16,17). The van der Waals surface area contributed by atoms with Crippen molar-refractivity contribution in [2.24, 2.45) is 5.73 Å². The van der Waals surface area contributed by atoms with Gasteiger partial charge in [0.05, 0.1) is 6.54 Å². The summed E-state index contributed by atoms with van der Waals surface area (Å²) in [5, 5.41) is 12.1. The van der Waals surface area contributed by atoms with Gasteiger partial charge in [-0.2, -0.15) is 4.98 Å². The lowest BCUT2D eigenvalue weighted by Crippen LogP contribution is -2.05. The van der Waals surface area contributed by atoms with Gasteiger partial charge in [-0.3, -0.25) is 0 Å². The molecule has 1 aromatic heterocycles. The SMILES string of the molecule is NCc1nc(-c2cc(F)c(C(=O)O)c(F)c2)no1. The van der Waals surface area contributed by atoms with Crippen molar-refractivity contribution in [3.05, 3.63) is 35.2 Å². The summed E-state index contributed by atoms with van der Waals surface area (Å²) in [5.74, 6) is -4.07. The zero-order chi connectivity index (χ0) is 13.3. The zero-order valence-corrected chi connectivity index (χ0v) is 8.85. The van der Waals surface area contributed by atoms with Crippen LogP contribution in [-0.2, 0) is 6.54 Å². The van der Waals surface area contributed by atoms with E-state index < -0.39 is 23.2 Å². The van der Waals surface area contributed by atoms with Crippen LogP contribution in [-0.4, -0.2) is 21.2 Å². The number of carbonyl (C=O) groups is 1. The molecule has 0 radical (unpaired) electrons. The third kappa shape index (κ3) is 2.05. The van der Waals surface area contributed by atoms with Crippen molar-refractivity contribution < 1.29 is 23.2 Å². The molecule has 0 unspecified atom stereocenters. The molecule has 3 N–H and O–H groups in total. The van der Waals surface area contributed by atoms with E-state index in [-0.39, 0.29) is 23.8 Å². The van der Waals surface area contributed by atoms with Crippen molar-refractivity contribution >= 4 is 5.97 Å². The number of halogens is 2. The molecule has 0 aliphatic rings. The predicted molar refractivity (Wildman–Crippen MR) is 54.5 cm³/mol. The van der Waals surface area contributed by atoms with Crippen molar-refractivity contribution in [3.8, 4) is 11.4 Å². The van der Waals surface area contributed by atoms with Crippen molar-refractivity contribution in [2.75, 3.05) is 0 Å². The van der Waals surface area contributed by atoms with Gasteiger partial charge in [0.2, 0.25) is 11.7 Å². The Morgan fingerprint density at radius 2 is 2.00 bits per heavy atom. The van der Waals surface area contributed by atoms with Crippen LogP contribution in [0.25, 0.3) is 11.4 Å². The lowest BCUT2D eigenvalue weighted by atomic mass is 10.1. The number of carboxylic acid groups (broad SMARTS) is 1. The number of benzene rings is 1. The Kier molecular flexibility index (Phi) is 3.02. The monoisotopic (exact) mass is 255 g/mol. The normalized spacial score (nSPS) is 10.6. The molecule has 0 aliphatic carbocycles. The molecule has 0 atom stereocenters. The van der Waals surface area contributed by atoms with Gasteiger partial charge in [-0.1, -0.05) is 5.16 Å². The van der Waals surface area contributed by atoms with Gasteiger partial charge in [0.15, 0.2) is 0 Å². The Morgan fingerprint density at radius 1 is 1.39 bits per heavy atom. The highest BCUT2D eigenvalue weighted by Crippen LogP contribution is 2.22. The maximum absolute atomic E-state index is 13.4. The molecule has 0 saturated heterocycles. The number of rotatable bonds is 3. The van der Waals surface area contributed by atoms with E-state index in [9.17, 15) is 13.6 Å². The molecular weight excluding hydrogens is 248 g/mol. The maximum Gasteiger partial charge on any atom is 0.341 e. The fourth-order valence-corrected chi connectivity index (χ4v) is 1.36. The first-order chi connectivity index (χ1) is 8.52. The van der Waals surface area contributed by atoms with Gasteiger partial charge in [-0.15, -0.1) is 0 Å². The minimum Gasteiger partial charge on any atom is -0.477 e. The van der Waals surface area contributed by atoms with E-state index >= 15 is 0 Å². The highest BCUT2D eigenvalue weighted by molar-refractivity contribution is 5.88. The molecular formula is C10H7F2N3O3. The van der Waals surface area contributed by atoms with Gasteiger partial charge in [0, 0.05) is 5.56 Å². The van der Waals surface area contributed by atoms with E-state index in [1.807, 2.05) is 0 Å². The highest BCUT2D eigenvalue weighted by Gasteiger charge is 2.19. The third-order valence-corrected chi connectivity index (χ3v) is 2.16. The Morgan fingerprint density at radius 3 is 2.44 bits per heavy atom. The topological polar surface area (TPSA) is 102 Å². The molecule has 0 aliphatic heterocycles. The highest BCUT2D eigenvalue weighted by atomic mass is 19.1. The lowest BCUT2D eigenvalue weighted by Gasteiger charge is -2.01. The number of aromatic carboxylic acids is 1. The van der Waals surface area contributed by atoms with Crippen LogP contribution >= 0.6 is 0 Å². The predicted octanol–water partition coefficient (Wildman–Crippen LogP) is 1.17. The quantitative estimate of drug-likeness (QED) is 0.853. The summed E-state index contributed by atoms with van der Waals surface area (Å²) in [6, 6.07) is 1.63. The summed E-state index contributed by atoms with van der Waals surface area (Å²) in [6.07, 6.45) is 0. The molecule has 1 heterocycles. The number of aromatic nitrogens is 2. The van der Waals surface area contributed by atoms with Gasteiger partial charge in [0.25, 0.3) is 0 Å². The number of hydrogen-bond donors (Lipinski definition) is 2. The van der Waals surface area contributed by atoms with Crippen LogP contribution in [0.5, 0.6) is 0 Å². The van der Waals surface area contributed by atoms with E-state index in [1.165, 1.54) is 0 Å². The molecule has 0 amide bonds. The summed E-state index contributed by atoms with van der Waals surface area (Å²) in [6.45, 7) is -0.00876. The zero-order valence-electron chi connectivity index (χ0n) is 8.85. The van der Waals surface area contributed by atoms with Crippen LogP contribution in [0.3, 0.4) is 0 Å². The average molecular weight is 255 g/mol. The summed E-state index contributed by atoms with van der Waals surface area (Å²) in [7, 11) is 0. The summed E-state index contributed by atoms with van der Waals surface area (Å²) in [5.41, 5.74) is 4.19. The van der Waals surface area contributed by atoms with Crippen molar-refractivity contribution in [2.45, 2.75) is 6.54 Å². The Hall–Kier alpha value is -2.35. The third-order valence-electron chi connectivity index (χ3n) is 2.16. The first kappa shape index (κ1) is 12.1. The van der Waals surface area contributed by atoms with E-state index in [0.29, 0.717) is 0 Å². The molecule has 2 aromatic rings. The lowest BCUT2D eigenvalue weighted by molar-refractivity contribution is 0.0686. The van der Waals surface area contributed by atoms with E-state index in [1.54, 1.807) is 0 Å². The smallest absolute Gasteiger partial charge is 0.341 e. The minimum absolute atomic E-state index is 0.00876. The van der Waals surface area contributed by atoms with Gasteiger partial charge < -0.3 is 15.4 Å². The summed E-state index contributed by atoms with van der Waals surface area (Å²) in [4.78, 5) is 14.4. The maximum atomic E-state index is 13.4. The summed E-state index contributed by atoms with van der Waals surface area (Å²) < 4.78 is 31.5. The van der Waals surface area contributed by atoms with E-state index in [2.05, 4.69) is 14.7 Å². The summed E-state index contributed by atoms with van der Waals surface area (Å²) >= 11 is 0. The van der Waals surface area contributed by atoms with Crippen molar-refractivity contribution in [1.29, 1.82) is 0 Å². The van der Waals surface area contributed by atoms with E-state index in [4.69, 9.17) is 10.8 Å². The molecule has 94 valence electrons. The second-order valence-corrected chi connectivity index (χ2v) is 3.34. The number of nitrogens with zero attached hydrogens (tertiary/aromatic N) is 2. The Labute approximate surface area is 99.0 Å². The molecule has 0 bridgehead atoms. The first-order valence-corrected chi connectivity index (χ1v) is 4.78. The molecule has 2 rings (SSSR count). The van der Waals surface area contributed by atoms with Crippen molar-refractivity contribution in [1.82, 2.24) is 10.1 Å². The Bertz CT molecular complexity index is 589. The van der Waals surface area contributed by atoms with Crippen LogP contribution < -0.4 is 5.73 Å². The molecule has 0 spiro atoms. The fourth-order valence-electron chi connectivity index (χ4n) is 1.36. The van der Waals surface area contributed by atoms with Crippen LogP contribution in [0.1, 0.15) is 16.2 Å². The van der Waals surface area contributed by atoms with Gasteiger partial charge in [-0.25, -0.2) is 13.6 Å². The van der Waals surface area contributed by atoms with Crippen LogP contribution in [0.2, 0.25) is 0 Å². The Balaban J connectivity index is 2.50. The molecule has 8 heteroatoms. The second kappa shape index (κ2) is 4.49. The number of carboxylic acids is 1. The number of nitrogens with two attached hydrogens (primary N) is 1. The van der Waals surface area contributed by atoms with Gasteiger partial charge in [-0.05, 0) is 12.1 Å². The molecule has 18 heavy (non-hydrogen) atoms. The average Bonchev–Trinajstić information content (AvgIpc) is 2.75. The molecule has 6 nitrogen and oxygen atoms in total. The van der Waals surface area contributed by atoms with Crippen molar-refractivity contribution in [3.63, 3.8) is 0 Å². The molecule has 0 fully saturated rings. The van der Waals surface area contributed by atoms with Crippen LogP contribution in [0.4, 0.5) is 8.78 Å². The van der Waals surface area contributed by atoms with E-state index in [0.717, 1.165) is 12.1 Å². The van der Waals surface area contributed by atoms with Crippen LogP contribution in [0, 0.1) is 11.6 Å². The molecule has 0 saturated carbocycles. The van der Waals surface area contributed by atoms with Crippen LogP contribution in [0.15, 0.2) is 16.7 Å². The molecule has 1 aromatic carbocycles. The minimum atomic E-state index is -1.69. The number of hydrogen-bond acceptors (Lipinski definition) is 5. The fraction of sp³-hybridized carbons (Fsp3) is 0.100. The second-order valence-electron chi connectivity index (χ2n) is 3.34. The largest absolute Gasteiger partial charge is 0.477 e. The first-order valence-electron chi connectivity index (χ1n) is 4.78. The van der Waals surface area contributed by atoms with Gasteiger partial charge in [0.1, 0.15) is 17.2 Å². The van der Waals surface area contributed by atoms with Gasteiger partial charge >= 0.3 is 5.97 Å².